The zero-order chi connectivity index (χ0) is 26.7. The van der Waals surface area contributed by atoms with Crippen molar-refractivity contribution in [1.82, 2.24) is 0 Å². The van der Waals surface area contributed by atoms with E-state index in [1.807, 2.05) is 6.92 Å². The SMILES string of the molecule is CC1=C(C)C2(OC1=O)C(O)C(C)C1(O)CCC3C4CC(O)C56C=CC(OO5)C(=O)C6(C)C4CC2(O)C31C. The Labute approximate surface area is 215 Å². The summed E-state index contributed by atoms with van der Waals surface area (Å²) in [6.07, 6.45) is 1.21. The normalized spacial score (nSPS) is 61.5. The van der Waals surface area contributed by atoms with Gasteiger partial charge in [-0.1, -0.05) is 13.8 Å². The van der Waals surface area contributed by atoms with Gasteiger partial charge >= 0.3 is 5.97 Å². The van der Waals surface area contributed by atoms with Gasteiger partial charge in [-0.15, -0.1) is 0 Å². The van der Waals surface area contributed by atoms with Crippen LogP contribution < -0.4 is 0 Å². The van der Waals surface area contributed by atoms with Gasteiger partial charge in [-0.25, -0.2) is 14.6 Å². The van der Waals surface area contributed by atoms with Crippen molar-refractivity contribution in [1.29, 1.82) is 0 Å². The van der Waals surface area contributed by atoms with Gasteiger partial charge in [0.25, 0.3) is 0 Å². The fraction of sp³-hybridized carbons (Fsp3) is 0.786. The summed E-state index contributed by atoms with van der Waals surface area (Å²) in [7, 11) is 0. The van der Waals surface area contributed by atoms with Gasteiger partial charge in [0, 0.05) is 16.9 Å². The number of esters is 1. The van der Waals surface area contributed by atoms with Crippen LogP contribution >= 0.6 is 0 Å². The summed E-state index contributed by atoms with van der Waals surface area (Å²) in [6.45, 7) is 8.73. The van der Waals surface area contributed by atoms with E-state index >= 15 is 0 Å². The van der Waals surface area contributed by atoms with Crippen LogP contribution in [-0.4, -0.2) is 72.9 Å². The lowest BCUT2D eigenvalue weighted by molar-refractivity contribution is -0.440. The predicted molar refractivity (Wildman–Crippen MR) is 126 cm³/mol. The van der Waals surface area contributed by atoms with E-state index in [1.165, 1.54) is 0 Å². The van der Waals surface area contributed by atoms with Crippen LogP contribution in [0, 0.1) is 34.5 Å². The Hall–Kier alpha value is -1.62. The summed E-state index contributed by atoms with van der Waals surface area (Å²) in [4.78, 5) is 38.0. The third kappa shape index (κ3) is 2.06. The number of ketones is 1. The highest BCUT2D eigenvalue weighted by atomic mass is 17.2. The molecular weight excluding hydrogens is 480 g/mol. The van der Waals surface area contributed by atoms with Crippen LogP contribution in [0.15, 0.2) is 23.3 Å². The summed E-state index contributed by atoms with van der Waals surface area (Å²) >= 11 is 0. The van der Waals surface area contributed by atoms with Crippen LogP contribution in [0.2, 0.25) is 0 Å². The molecule has 0 amide bonds. The van der Waals surface area contributed by atoms with Gasteiger partial charge in [-0.2, -0.15) is 0 Å². The van der Waals surface area contributed by atoms with Gasteiger partial charge < -0.3 is 25.2 Å². The van der Waals surface area contributed by atoms with Crippen LogP contribution in [0.1, 0.15) is 60.3 Å². The Morgan fingerprint density at radius 1 is 1.08 bits per heavy atom. The van der Waals surface area contributed by atoms with Crippen molar-refractivity contribution in [2.45, 2.75) is 101 Å². The van der Waals surface area contributed by atoms with E-state index in [-0.39, 0.29) is 24.0 Å². The molecule has 3 heterocycles. The number of aliphatic hydroxyl groups is 4. The first kappa shape index (κ1) is 24.4. The number of fused-ring (bicyclic) bond motifs is 4. The Bertz CT molecular complexity index is 1210. The maximum absolute atomic E-state index is 13.9. The first-order chi connectivity index (χ1) is 17.2. The number of ether oxygens (including phenoxy) is 1. The van der Waals surface area contributed by atoms with E-state index < -0.39 is 69.4 Å². The van der Waals surface area contributed by atoms with Crippen LogP contribution in [0.5, 0.6) is 0 Å². The van der Waals surface area contributed by atoms with Gasteiger partial charge in [0.05, 0.1) is 17.1 Å². The maximum atomic E-state index is 13.9. The third-order valence-corrected chi connectivity index (χ3v) is 12.9. The second-order valence-electron chi connectivity index (χ2n) is 13.3. The first-order valence-corrected chi connectivity index (χ1v) is 13.5. The molecule has 0 radical (unpaired) electrons. The lowest BCUT2D eigenvalue weighted by Crippen LogP contribution is -2.85. The number of aliphatic hydroxyl groups excluding tert-OH is 2. The zero-order valence-corrected chi connectivity index (χ0v) is 21.9. The smallest absolute Gasteiger partial charge is 0.334 e. The molecule has 5 aliphatic carbocycles. The molecule has 202 valence electrons. The summed E-state index contributed by atoms with van der Waals surface area (Å²) in [6, 6.07) is 0. The third-order valence-electron chi connectivity index (χ3n) is 12.9. The standard InChI is InChI=1S/C28H36O9/c1-12-13(2)28(35-22(12)32)20(30)14(3)25(33)8-6-16-15-10-19(29)26-9-7-18(36-37-26)21(31)23(26,4)17(15)11-27(28,34)24(16,25)5/h7,9,14-20,29-30,33-34H,6,8,10-11H2,1-5H3. The summed E-state index contributed by atoms with van der Waals surface area (Å²) in [5, 5.41) is 48.7. The molecule has 2 bridgehead atoms. The van der Waals surface area contributed by atoms with E-state index in [1.54, 1.807) is 39.8 Å². The molecule has 8 aliphatic rings. The average Bonchev–Trinajstić information content (AvgIpc) is 3.29. The van der Waals surface area contributed by atoms with Crippen LogP contribution in [0.3, 0.4) is 0 Å². The minimum atomic E-state index is -1.89. The highest BCUT2D eigenvalue weighted by Gasteiger charge is 2.87. The summed E-state index contributed by atoms with van der Waals surface area (Å²) in [5.74, 6) is -2.53. The Morgan fingerprint density at radius 3 is 2.38 bits per heavy atom. The molecule has 8 rings (SSSR count). The van der Waals surface area contributed by atoms with Gasteiger partial charge in [0.15, 0.2) is 23.1 Å². The van der Waals surface area contributed by atoms with Crippen molar-refractivity contribution in [2.24, 2.45) is 34.5 Å². The predicted octanol–water partition coefficient (Wildman–Crippen LogP) is 1.12. The molecule has 0 aromatic heterocycles. The number of carbonyl (C=O) groups excluding carboxylic acids is 2. The van der Waals surface area contributed by atoms with Crippen molar-refractivity contribution >= 4 is 11.8 Å². The second kappa shape index (κ2) is 6.57. The molecule has 13 atom stereocenters. The number of hydrogen-bond donors (Lipinski definition) is 4. The van der Waals surface area contributed by atoms with E-state index in [2.05, 4.69) is 0 Å². The van der Waals surface area contributed by atoms with E-state index in [4.69, 9.17) is 14.5 Å². The number of rotatable bonds is 0. The average molecular weight is 517 g/mol. The Balaban J connectivity index is 1.50. The highest BCUT2D eigenvalue weighted by molar-refractivity contribution is 5.95. The largest absolute Gasteiger partial charge is 0.445 e. The first-order valence-electron chi connectivity index (χ1n) is 13.5. The van der Waals surface area contributed by atoms with E-state index in [0.29, 0.717) is 30.4 Å². The van der Waals surface area contributed by atoms with Gasteiger partial charge in [0.1, 0.15) is 11.7 Å². The topological polar surface area (TPSA) is 143 Å². The Morgan fingerprint density at radius 2 is 1.78 bits per heavy atom. The minimum Gasteiger partial charge on any atom is -0.445 e. The molecule has 0 aromatic rings. The molecule has 4 saturated carbocycles. The molecule has 9 heteroatoms. The van der Waals surface area contributed by atoms with E-state index in [0.717, 1.165) is 0 Å². The zero-order valence-electron chi connectivity index (χ0n) is 21.9. The molecule has 5 fully saturated rings. The molecule has 1 saturated heterocycles. The van der Waals surface area contributed by atoms with Gasteiger partial charge in [-0.3, -0.25) is 4.79 Å². The summed E-state index contributed by atoms with van der Waals surface area (Å²) in [5.41, 5.74) is -8.16. The fourth-order valence-electron chi connectivity index (χ4n) is 10.7. The molecule has 3 aliphatic heterocycles. The lowest BCUT2D eigenvalue weighted by Gasteiger charge is -2.73. The second-order valence-corrected chi connectivity index (χ2v) is 13.3. The van der Waals surface area contributed by atoms with Crippen molar-refractivity contribution in [2.75, 3.05) is 0 Å². The number of hydrogen-bond acceptors (Lipinski definition) is 9. The fourth-order valence-corrected chi connectivity index (χ4v) is 10.7. The van der Waals surface area contributed by atoms with Crippen molar-refractivity contribution in [3.05, 3.63) is 23.3 Å². The van der Waals surface area contributed by atoms with Gasteiger partial charge in [-0.05, 0) is 81.9 Å². The number of carbonyl (C=O) groups is 2. The molecule has 4 N–H and O–H groups in total. The van der Waals surface area contributed by atoms with Crippen LogP contribution in [0.25, 0.3) is 0 Å². The monoisotopic (exact) mass is 516 g/mol. The van der Waals surface area contributed by atoms with Crippen molar-refractivity contribution < 1.29 is 44.5 Å². The van der Waals surface area contributed by atoms with Crippen LogP contribution in [0.4, 0.5) is 0 Å². The summed E-state index contributed by atoms with van der Waals surface area (Å²) < 4.78 is 6.03. The Kier molecular flexibility index (Phi) is 4.33. The van der Waals surface area contributed by atoms with Crippen molar-refractivity contribution in [3.63, 3.8) is 0 Å². The molecule has 37 heavy (non-hydrogen) atoms. The van der Waals surface area contributed by atoms with E-state index in [9.17, 15) is 30.0 Å². The quantitative estimate of drug-likeness (QED) is 0.212. The molecule has 9 nitrogen and oxygen atoms in total. The molecule has 0 aromatic carbocycles. The lowest BCUT2D eigenvalue weighted by atomic mass is 9.34. The molecule has 13 unspecified atom stereocenters. The number of Topliss-reactive ketones (excluding diaryl/α,β-unsaturated/α-hetero) is 1. The van der Waals surface area contributed by atoms with Crippen molar-refractivity contribution in [3.8, 4) is 0 Å². The molecule has 2 spiro atoms. The minimum absolute atomic E-state index is 0.0186. The highest BCUT2D eigenvalue weighted by Crippen LogP contribution is 2.77. The van der Waals surface area contributed by atoms with Gasteiger partial charge in [0.2, 0.25) is 0 Å². The molecular formula is C28H36O9. The maximum Gasteiger partial charge on any atom is 0.334 e. The van der Waals surface area contributed by atoms with Crippen LogP contribution in [-0.2, 0) is 24.1 Å².